The molecule has 0 radical (unpaired) electrons. The normalized spacial score (nSPS) is 15.3. The summed E-state index contributed by atoms with van der Waals surface area (Å²) in [6, 6.07) is 8.90. The van der Waals surface area contributed by atoms with Crippen LogP contribution in [0.3, 0.4) is 0 Å². The van der Waals surface area contributed by atoms with Crippen LogP contribution in [0.4, 0.5) is 5.95 Å². The molecular formula is C17H21N9O2S2. The highest BCUT2D eigenvalue weighted by atomic mass is 32.2. The van der Waals surface area contributed by atoms with Crippen LogP contribution in [0.15, 0.2) is 45.2 Å². The summed E-state index contributed by atoms with van der Waals surface area (Å²) in [4.78, 5) is 7.68. The van der Waals surface area contributed by atoms with Gasteiger partial charge in [-0.25, -0.2) is 29.9 Å². The van der Waals surface area contributed by atoms with Gasteiger partial charge in [-0.3, -0.25) is 0 Å². The molecule has 0 spiro atoms. The van der Waals surface area contributed by atoms with Gasteiger partial charge in [-0.2, -0.15) is 0 Å². The van der Waals surface area contributed by atoms with Crippen LogP contribution < -0.4 is 33.3 Å². The van der Waals surface area contributed by atoms with Crippen LogP contribution in [-0.4, -0.2) is 42.6 Å². The Balaban J connectivity index is 2.04. The first kappa shape index (κ1) is 20.4. The number of fused-ring (bicyclic) bond motifs is 1. The summed E-state index contributed by atoms with van der Waals surface area (Å²) in [5.74, 6) is 5.43. The molecule has 4 rings (SSSR count). The second-order valence-corrected chi connectivity index (χ2v) is 9.55. The molecule has 2 aromatic carbocycles. The molecule has 158 valence electrons. The molecule has 30 heavy (non-hydrogen) atoms. The Bertz CT molecular complexity index is 1250. The molecule has 11 nitrogen and oxygen atoms in total. The Morgan fingerprint density at radius 3 is 2.63 bits per heavy atom. The monoisotopic (exact) mass is 447 g/mol. The number of hydrogen-bond donors (Lipinski definition) is 7. The number of para-hydroxylation sites is 1. The van der Waals surface area contributed by atoms with Crippen molar-refractivity contribution in [2.24, 2.45) is 21.8 Å². The van der Waals surface area contributed by atoms with Crippen molar-refractivity contribution >= 4 is 44.6 Å². The number of aromatic nitrogens is 2. The number of hydrogen-bond acceptors (Lipinski definition) is 9. The highest BCUT2D eigenvalue weighted by Gasteiger charge is 2.29. The largest absolute Gasteiger partial charge is 0.382 e. The maximum absolute atomic E-state index is 12.7. The lowest BCUT2D eigenvalue weighted by Crippen LogP contribution is -2.44. The minimum atomic E-state index is -4.16. The average molecular weight is 448 g/mol. The lowest BCUT2D eigenvalue weighted by molar-refractivity contribution is 0.543. The fourth-order valence-electron chi connectivity index (χ4n) is 3.34. The van der Waals surface area contributed by atoms with Crippen LogP contribution in [0.25, 0.3) is 22.2 Å². The van der Waals surface area contributed by atoms with Crippen molar-refractivity contribution in [3.8, 4) is 11.1 Å². The van der Waals surface area contributed by atoms with E-state index >= 15 is 0 Å². The number of amidine groups is 1. The van der Waals surface area contributed by atoms with Crippen molar-refractivity contribution in [3.05, 3.63) is 35.9 Å². The van der Waals surface area contributed by atoms with Gasteiger partial charge in [0.1, 0.15) is 4.90 Å². The number of thioether (sulfide) groups is 1. The Kier molecular flexibility index (Phi) is 5.29. The number of imidazole rings is 1. The number of anilines is 1. The van der Waals surface area contributed by atoms with Gasteiger partial charge in [0, 0.05) is 34.4 Å². The summed E-state index contributed by atoms with van der Waals surface area (Å²) >= 11 is 1.42. The molecule has 1 aromatic heterocycles. The first-order valence-corrected chi connectivity index (χ1v) is 11.3. The fourth-order valence-corrected chi connectivity index (χ4v) is 5.79. The van der Waals surface area contributed by atoms with E-state index in [0.717, 1.165) is 13.1 Å². The van der Waals surface area contributed by atoms with Gasteiger partial charge in [-0.05, 0) is 17.7 Å². The van der Waals surface area contributed by atoms with Crippen LogP contribution in [0.5, 0.6) is 0 Å². The minimum Gasteiger partial charge on any atom is -0.382 e. The number of hydrazone groups is 1. The number of rotatable bonds is 6. The molecule has 1 aliphatic heterocycles. The van der Waals surface area contributed by atoms with Crippen molar-refractivity contribution in [1.29, 1.82) is 0 Å². The van der Waals surface area contributed by atoms with Crippen LogP contribution in [0.1, 0.15) is 5.56 Å². The van der Waals surface area contributed by atoms with Gasteiger partial charge < -0.3 is 21.8 Å². The quantitative estimate of drug-likeness (QED) is 0.114. The molecule has 0 saturated carbocycles. The Morgan fingerprint density at radius 2 is 2.00 bits per heavy atom. The Labute approximate surface area is 176 Å². The van der Waals surface area contributed by atoms with Gasteiger partial charge in [0.05, 0.1) is 11.0 Å². The van der Waals surface area contributed by atoms with Crippen LogP contribution in [-0.2, 0) is 10.0 Å². The van der Waals surface area contributed by atoms with Crippen molar-refractivity contribution in [2.75, 3.05) is 18.8 Å². The van der Waals surface area contributed by atoms with Gasteiger partial charge in [0.2, 0.25) is 10.0 Å². The summed E-state index contributed by atoms with van der Waals surface area (Å²) in [7, 11) is -4.16. The van der Waals surface area contributed by atoms with E-state index in [0.29, 0.717) is 27.1 Å². The molecule has 0 atom stereocenters. The molecule has 13 heteroatoms. The molecular weight excluding hydrogens is 426 g/mol. The summed E-state index contributed by atoms with van der Waals surface area (Å²) in [5, 5.41) is 12.8. The SMILES string of the molecule is NN/N=C(\N)c1c(-c2cccc3[nH]c(N)nc23)ccc(SC2CNC2)c1S(N)(=O)=O. The van der Waals surface area contributed by atoms with Crippen LogP contribution in [0.2, 0.25) is 0 Å². The number of nitrogens with two attached hydrogens (primary N) is 4. The van der Waals surface area contributed by atoms with Gasteiger partial charge in [-0.1, -0.05) is 18.2 Å². The molecule has 0 unspecified atom stereocenters. The van der Waals surface area contributed by atoms with Crippen LogP contribution >= 0.6 is 11.8 Å². The number of primary sulfonamides is 1. The Hall–Kier alpha value is -2.84. The summed E-state index contributed by atoms with van der Waals surface area (Å²) < 4.78 is 25.3. The fraction of sp³-hybridized carbons (Fsp3) is 0.176. The second-order valence-electron chi connectivity index (χ2n) is 6.71. The molecule has 3 aromatic rings. The molecule has 1 saturated heterocycles. The predicted molar refractivity (Wildman–Crippen MR) is 118 cm³/mol. The van der Waals surface area contributed by atoms with E-state index in [9.17, 15) is 8.42 Å². The molecule has 0 bridgehead atoms. The summed E-state index contributed by atoms with van der Waals surface area (Å²) in [5.41, 5.74) is 16.6. The number of benzene rings is 2. The van der Waals surface area contributed by atoms with E-state index in [4.69, 9.17) is 22.4 Å². The van der Waals surface area contributed by atoms with Crippen molar-refractivity contribution in [2.45, 2.75) is 15.0 Å². The molecule has 11 N–H and O–H groups in total. The Morgan fingerprint density at radius 1 is 1.23 bits per heavy atom. The number of nitrogens with one attached hydrogen (secondary N) is 3. The van der Waals surface area contributed by atoms with E-state index < -0.39 is 10.0 Å². The number of hydrazine groups is 1. The third kappa shape index (κ3) is 3.68. The number of H-pyrrole nitrogens is 1. The zero-order valence-corrected chi connectivity index (χ0v) is 17.3. The lowest BCUT2D eigenvalue weighted by atomic mass is 9.97. The van der Waals surface area contributed by atoms with Crippen LogP contribution in [0, 0.1) is 0 Å². The van der Waals surface area contributed by atoms with Crippen molar-refractivity contribution in [3.63, 3.8) is 0 Å². The zero-order chi connectivity index (χ0) is 21.5. The number of nitrogens with zero attached hydrogens (tertiary/aromatic N) is 2. The van der Waals surface area contributed by atoms with Crippen molar-refractivity contribution in [1.82, 2.24) is 20.8 Å². The maximum Gasteiger partial charge on any atom is 0.239 e. The van der Waals surface area contributed by atoms with Crippen molar-refractivity contribution < 1.29 is 8.42 Å². The van der Waals surface area contributed by atoms with Gasteiger partial charge in [-0.15, -0.1) is 16.9 Å². The molecule has 0 amide bonds. The highest BCUT2D eigenvalue weighted by Crippen LogP contribution is 2.39. The summed E-state index contributed by atoms with van der Waals surface area (Å²) in [6.45, 7) is 1.54. The third-order valence-corrected chi connectivity index (χ3v) is 7.09. The number of sulfonamides is 1. The molecule has 0 aliphatic carbocycles. The first-order chi connectivity index (χ1) is 14.3. The molecule has 2 heterocycles. The van der Waals surface area contributed by atoms with Gasteiger partial charge in [0.25, 0.3) is 0 Å². The first-order valence-electron chi connectivity index (χ1n) is 8.90. The number of nitrogen functional groups attached to an aromatic ring is 1. The maximum atomic E-state index is 12.7. The topological polar surface area (TPSA) is 203 Å². The van der Waals surface area contributed by atoms with E-state index in [1.165, 1.54) is 11.8 Å². The smallest absolute Gasteiger partial charge is 0.239 e. The predicted octanol–water partition coefficient (Wildman–Crippen LogP) is -0.393. The highest BCUT2D eigenvalue weighted by molar-refractivity contribution is 8.00. The lowest BCUT2D eigenvalue weighted by Gasteiger charge is -2.27. The molecule has 1 fully saturated rings. The molecule has 1 aliphatic rings. The van der Waals surface area contributed by atoms with E-state index in [-0.39, 0.29) is 27.5 Å². The van der Waals surface area contributed by atoms with Gasteiger partial charge in [0.15, 0.2) is 11.8 Å². The number of aromatic amines is 1. The van der Waals surface area contributed by atoms with E-state index in [1.807, 2.05) is 6.07 Å². The third-order valence-electron chi connectivity index (χ3n) is 4.71. The van der Waals surface area contributed by atoms with E-state index in [2.05, 4.69) is 25.9 Å². The van der Waals surface area contributed by atoms with Gasteiger partial charge >= 0.3 is 0 Å². The zero-order valence-electron chi connectivity index (χ0n) is 15.7. The van der Waals surface area contributed by atoms with E-state index in [1.54, 1.807) is 24.3 Å². The average Bonchev–Trinajstić information content (AvgIpc) is 3.03. The minimum absolute atomic E-state index is 0.103. The second kappa shape index (κ2) is 7.77. The standard InChI is InChI=1S/C17H21N9O2S2/c18-16(25-26-20)13-9(10-2-1-3-11-14(10)24-17(19)23-11)4-5-12(15(13)30(21,27)28)29-8-6-22-7-8/h1-5,8,22,26H,6-7,20H2,(H2,18,25)(H3,19,23,24)(H2,21,27,28). The summed E-state index contributed by atoms with van der Waals surface area (Å²) in [6.07, 6.45) is 0.